The first-order chi connectivity index (χ1) is 14.4. The van der Waals surface area contributed by atoms with Crippen molar-refractivity contribution in [3.63, 3.8) is 0 Å². The van der Waals surface area contributed by atoms with Gasteiger partial charge in [0.15, 0.2) is 5.78 Å². The van der Waals surface area contributed by atoms with Gasteiger partial charge in [-0.1, -0.05) is 54.6 Å². The van der Waals surface area contributed by atoms with Crippen molar-refractivity contribution < 1.29 is 17.9 Å². The van der Waals surface area contributed by atoms with Crippen molar-refractivity contribution in [1.82, 2.24) is 4.31 Å². The van der Waals surface area contributed by atoms with Gasteiger partial charge in [-0.15, -0.1) is 0 Å². The van der Waals surface area contributed by atoms with Crippen LogP contribution >= 0.6 is 0 Å². The van der Waals surface area contributed by atoms with Crippen LogP contribution in [0.5, 0.6) is 0 Å². The second kappa shape index (κ2) is 9.00. The number of nitrogens with zero attached hydrogens (tertiary/aromatic N) is 1. The SMILES string of the molecule is C[C@H]1CCC(c2ccccc2)S(=O)(=O)N1Cc1ccc(C(=O)CCC2COC2)cc1. The fourth-order valence-corrected chi connectivity index (χ4v) is 6.46. The van der Waals surface area contributed by atoms with Crippen molar-refractivity contribution in [2.24, 2.45) is 5.92 Å². The molecule has 6 heteroatoms. The van der Waals surface area contributed by atoms with Crippen LogP contribution in [0.2, 0.25) is 0 Å². The summed E-state index contributed by atoms with van der Waals surface area (Å²) in [5.74, 6) is 0.646. The maximum Gasteiger partial charge on any atom is 0.221 e. The Morgan fingerprint density at radius 3 is 2.37 bits per heavy atom. The zero-order valence-corrected chi connectivity index (χ0v) is 18.2. The Hall–Kier alpha value is -2.02. The lowest BCUT2D eigenvalue weighted by atomic mass is 9.97. The lowest BCUT2D eigenvalue weighted by Crippen LogP contribution is -2.44. The van der Waals surface area contributed by atoms with Crippen molar-refractivity contribution in [3.05, 3.63) is 71.3 Å². The van der Waals surface area contributed by atoms with Crippen LogP contribution in [0.25, 0.3) is 0 Å². The van der Waals surface area contributed by atoms with E-state index in [1.807, 2.05) is 61.5 Å². The van der Waals surface area contributed by atoms with E-state index in [2.05, 4.69) is 0 Å². The molecule has 0 aromatic heterocycles. The zero-order chi connectivity index (χ0) is 21.1. The fourth-order valence-electron chi connectivity index (χ4n) is 4.26. The molecule has 0 N–H and O–H groups in total. The summed E-state index contributed by atoms with van der Waals surface area (Å²) in [6, 6.07) is 16.8. The van der Waals surface area contributed by atoms with Crippen LogP contribution in [0, 0.1) is 5.92 Å². The molecule has 0 radical (unpaired) electrons. The number of rotatable bonds is 7. The maximum atomic E-state index is 13.3. The summed E-state index contributed by atoms with van der Waals surface area (Å²) >= 11 is 0. The summed E-state index contributed by atoms with van der Waals surface area (Å²) in [5, 5.41) is -0.494. The second-order valence-corrected chi connectivity index (χ2v) is 10.5. The molecule has 2 aromatic rings. The lowest BCUT2D eigenvalue weighted by Gasteiger charge is -2.37. The van der Waals surface area contributed by atoms with E-state index < -0.39 is 15.3 Å². The quantitative estimate of drug-likeness (QED) is 0.616. The minimum Gasteiger partial charge on any atom is -0.381 e. The van der Waals surface area contributed by atoms with Gasteiger partial charge >= 0.3 is 0 Å². The summed E-state index contributed by atoms with van der Waals surface area (Å²) in [4.78, 5) is 12.4. The number of benzene rings is 2. The topological polar surface area (TPSA) is 63.7 Å². The molecule has 2 aliphatic heterocycles. The third-order valence-corrected chi connectivity index (χ3v) is 8.67. The predicted octanol–water partition coefficient (Wildman–Crippen LogP) is 4.35. The molecule has 2 atom stereocenters. The molecule has 0 amide bonds. The van der Waals surface area contributed by atoms with Gasteiger partial charge in [-0.05, 0) is 37.3 Å². The third kappa shape index (κ3) is 4.51. The van der Waals surface area contributed by atoms with Gasteiger partial charge in [0, 0.05) is 30.5 Å². The highest BCUT2D eigenvalue weighted by atomic mass is 32.2. The number of carbonyl (C=O) groups excluding carboxylic acids is 1. The van der Waals surface area contributed by atoms with E-state index >= 15 is 0 Å². The van der Waals surface area contributed by atoms with Crippen molar-refractivity contribution in [1.29, 1.82) is 0 Å². The van der Waals surface area contributed by atoms with Crippen LogP contribution in [-0.2, 0) is 21.3 Å². The van der Waals surface area contributed by atoms with Crippen molar-refractivity contribution >= 4 is 15.8 Å². The first-order valence-corrected chi connectivity index (χ1v) is 12.2. The average Bonchev–Trinajstić information content (AvgIpc) is 2.71. The van der Waals surface area contributed by atoms with Gasteiger partial charge < -0.3 is 4.74 Å². The van der Waals surface area contributed by atoms with E-state index in [0.717, 1.165) is 37.2 Å². The Kier molecular flexibility index (Phi) is 6.37. The summed E-state index contributed by atoms with van der Waals surface area (Å²) in [7, 11) is -3.45. The number of hydrogen-bond donors (Lipinski definition) is 0. The van der Waals surface area contributed by atoms with Gasteiger partial charge in [0.05, 0.1) is 13.2 Å². The minimum atomic E-state index is -3.45. The molecule has 0 bridgehead atoms. The largest absolute Gasteiger partial charge is 0.381 e. The summed E-state index contributed by atoms with van der Waals surface area (Å²) in [6.45, 7) is 3.83. The molecule has 2 aromatic carbocycles. The highest BCUT2D eigenvalue weighted by Gasteiger charge is 2.40. The highest BCUT2D eigenvalue weighted by molar-refractivity contribution is 7.89. The lowest BCUT2D eigenvalue weighted by molar-refractivity contribution is -0.0353. The number of hydrogen-bond acceptors (Lipinski definition) is 4. The number of ketones is 1. The van der Waals surface area contributed by atoms with Crippen LogP contribution < -0.4 is 0 Å². The van der Waals surface area contributed by atoms with Crippen molar-refractivity contribution in [3.8, 4) is 0 Å². The molecule has 30 heavy (non-hydrogen) atoms. The molecular formula is C24H29NO4S. The normalized spacial score (nSPS) is 24.3. The molecule has 0 spiro atoms. The Bertz CT molecular complexity index is 968. The standard InChI is InChI=1S/C24H29NO4S/c1-18-7-14-24(22-5-3-2-4-6-22)30(27,28)25(18)15-19-8-11-21(12-9-19)23(26)13-10-20-16-29-17-20/h2-6,8-9,11-12,18,20,24H,7,10,13-17H2,1H3/t18-,24?/m0/s1. The molecule has 1 unspecified atom stereocenters. The van der Waals surface area contributed by atoms with Crippen molar-refractivity contribution in [2.75, 3.05) is 13.2 Å². The third-order valence-electron chi connectivity index (χ3n) is 6.30. The second-order valence-electron chi connectivity index (χ2n) is 8.48. The highest BCUT2D eigenvalue weighted by Crippen LogP contribution is 2.38. The Morgan fingerprint density at radius 2 is 1.73 bits per heavy atom. The first-order valence-electron chi connectivity index (χ1n) is 10.7. The molecule has 4 rings (SSSR count). The molecule has 2 aliphatic rings. The number of Topliss-reactive ketones (excluding diaryl/α,β-unsaturated/α-hetero) is 1. The van der Waals surface area contributed by atoms with E-state index in [9.17, 15) is 13.2 Å². The summed E-state index contributed by atoms with van der Waals surface area (Å²) in [5.41, 5.74) is 2.45. The molecule has 160 valence electrons. The van der Waals surface area contributed by atoms with Crippen LogP contribution in [0.1, 0.15) is 59.3 Å². The Morgan fingerprint density at radius 1 is 1.03 bits per heavy atom. The van der Waals surface area contributed by atoms with E-state index in [4.69, 9.17) is 4.74 Å². The van der Waals surface area contributed by atoms with Crippen LogP contribution in [0.3, 0.4) is 0 Å². The molecule has 2 saturated heterocycles. The van der Waals surface area contributed by atoms with E-state index in [0.29, 0.717) is 30.9 Å². The smallest absolute Gasteiger partial charge is 0.221 e. The number of carbonyl (C=O) groups is 1. The molecule has 0 aliphatic carbocycles. The summed E-state index contributed by atoms with van der Waals surface area (Å²) < 4.78 is 33.5. The van der Waals surface area contributed by atoms with E-state index in [-0.39, 0.29) is 11.8 Å². The van der Waals surface area contributed by atoms with Crippen molar-refractivity contribution in [2.45, 2.75) is 50.4 Å². The van der Waals surface area contributed by atoms with Gasteiger partial charge in [0.1, 0.15) is 5.25 Å². The summed E-state index contributed by atoms with van der Waals surface area (Å²) in [6.07, 6.45) is 2.87. The molecular weight excluding hydrogens is 398 g/mol. The van der Waals surface area contributed by atoms with Gasteiger partial charge in [-0.25, -0.2) is 8.42 Å². The van der Waals surface area contributed by atoms with Gasteiger partial charge in [-0.2, -0.15) is 4.31 Å². The first kappa shape index (κ1) is 21.2. The minimum absolute atomic E-state index is 0.0408. The van der Waals surface area contributed by atoms with Crippen LogP contribution in [-0.4, -0.2) is 37.8 Å². The number of ether oxygens (including phenoxy) is 1. The van der Waals surface area contributed by atoms with Gasteiger partial charge in [-0.3, -0.25) is 4.79 Å². The van der Waals surface area contributed by atoms with E-state index in [1.54, 1.807) is 4.31 Å². The molecule has 2 fully saturated rings. The van der Waals surface area contributed by atoms with Gasteiger partial charge in [0.2, 0.25) is 10.0 Å². The zero-order valence-electron chi connectivity index (χ0n) is 17.4. The van der Waals surface area contributed by atoms with Crippen LogP contribution in [0.15, 0.2) is 54.6 Å². The van der Waals surface area contributed by atoms with Gasteiger partial charge in [0.25, 0.3) is 0 Å². The Labute approximate surface area is 179 Å². The molecule has 2 heterocycles. The Balaban J connectivity index is 1.44. The molecule has 5 nitrogen and oxygen atoms in total. The van der Waals surface area contributed by atoms with Crippen LogP contribution in [0.4, 0.5) is 0 Å². The predicted molar refractivity (Wildman–Crippen MR) is 117 cm³/mol. The fraction of sp³-hybridized carbons (Fsp3) is 0.458. The number of sulfonamides is 1. The average molecular weight is 428 g/mol. The monoisotopic (exact) mass is 427 g/mol. The molecule has 0 saturated carbocycles. The van der Waals surface area contributed by atoms with E-state index in [1.165, 1.54) is 0 Å². The maximum absolute atomic E-state index is 13.3.